The van der Waals surface area contributed by atoms with Crippen LogP contribution < -0.4 is 5.56 Å². The summed E-state index contributed by atoms with van der Waals surface area (Å²) >= 11 is 0. The van der Waals surface area contributed by atoms with Gasteiger partial charge in [0.2, 0.25) is 0 Å². The molecule has 0 spiro atoms. The molecule has 0 atom stereocenters. The highest BCUT2D eigenvalue weighted by Gasteiger charge is 2.38. The van der Waals surface area contributed by atoms with Crippen LogP contribution in [-0.4, -0.2) is 30.6 Å². The molecule has 27 heavy (non-hydrogen) atoms. The van der Waals surface area contributed by atoms with Crippen LogP contribution in [0, 0.1) is 6.92 Å². The summed E-state index contributed by atoms with van der Waals surface area (Å²) in [5, 5.41) is 7.37. The summed E-state index contributed by atoms with van der Waals surface area (Å²) in [6, 6.07) is 1.26. The van der Waals surface area contributed by atoms with Gasteiger partial charge < -0.3 is 0 Å². The second-order valence-corrected chi connectivity index (χ2v) is 5.80. The Hall–Kier alpha value is -2.92. The van der Waals surface area contributed by atoms with Crippen LogP contribution in [0.25, 0.3) is 16.8 Å². The fourth-order valence-corrected chi connectivity index (χ4v) is 2.45. The summed E-state index contributed by atoms with van der Waals surface area (Å²) in [6.07, 6.45) is -7.50. The minimum atomic E-state index is -4.96. The molecule has 6 nitrogen and oxygen atoms in total. The van der Waals surface area contributed by atoms with Crippen molar-refractivity contribution in [2.75, 3.05) is 0 Å². The number of alkyl halides is 6. The minimum absolute atomic E-state index is 0.291. The van der Waals surface area contributed by atoms with Gasteiger partial charge in [-0.15, -0.1) is 0 Å². The monoisotopic (exact) mass is 391 g/mol. The summed E-state index contributed by atoms with van der Waals surface area (Å²) in [4.78, 5) is 16.1. The number of nitrogens with zero attached hydrogens (tertiary/aromatic N) is 5. The number of aromatic nitrogens is 5. The summed E-state index contributed by atoms with van der Waals surface area (Å²) in [7, 11) is 0. The molecule has 3 heterocycles. The van der Waals surface area contributed by atoms with E-state index in [0.29, 0.717) is 10.1 Å². The lowest BCUT2D eigenvalue weighted by molar-refractivity contribution is -0.140. The first kappa shape index (κ1) is 18.9. The van der Waals surface area contributed by atoms with E-state index in [1.54, 1.807) is 6.92 Å². The minimum Gasteiger partial charge on any atom is -0.272 e. The normalized spacial score (nSPS) is 12.7. The summed E-state index contributed by atoms with van der Waals surface area (Å²) in [6.45, 7) is 0.982. The van der Waals surface area contributed by atoms with E-state index in [0.717, 1.165) is 17.1 Å². The molecule has 12 heteroatoms. The zero-order chi connectivity index (χ0) is 20.0. The Morgan fingerprint density at radius 3 is 2.41 bits per heavy atom. The van der Waals surface area contributed by atoms with E-state index in [-0.39, 0.29) is 11.2 Å². The van der Waals surface area contributed by atoms with Crippen LogP contribution in [0.4, 0.5) is 26.3 Å². The molecule has 0 aromatic carbocycles. The van der Waals surface area contributed by atoms with Crippen LogP contribution >= 0.6 is 0 Å². The lowest BCUT2D eigenvalue weighted by Crippen LogP contribution is -2.25. The zero-order valence-corrected chi connectivity index (χ0v) is 13.6. The molecule has 0 aliphatic heterocycles. The standard InChI is InChI=1S/C15H11F6N5O/c1-8-4-10-24-12(15(19,20)21)11(13(27)26(10)23-5-8)9-6-22-25(7-9)3-2-14(16,17)18/h4-7H,2-3H2,1H3. The maximum atomic E-state index is 13.4. The van der Waals surface area contributed by atoms with E-state index in [4.69, 9.17) is 0 Å². The predicted molar refractivity (Wildman–Crippen MR) is 80.9 cm³/mol. The van der Waals surface area contributed by atoms with Crippen molar-refractivity contribution in [3.63, 3.8) is 0 Å². The fourth-order valence-electron chi connectivity index (χ4n) is 2.45. The van der Waals surface area contributed by atoms with Gasteiger partial charge in [0.25, 0.3) is 5.56 Å². The second kappa shape index (κ2) is 6.35. The van der Waals surface area contributed by atoms with Crippen molar-refractivity contribution in [1.29, 1.82) is 0 Å². The highest BCUT2D eigenvalue weighted by atomic mass is 19.4. The topological polar surface area (TPSA) is 65.1 Å². The lowest BCUT2D eigenvalue weighted by atomic mass is 10.1. The Labute approximate surface area is 147 Å². The van der Waals surface area contributed by atoms with Crippen LogP contribution in [-0.2, 0) is 12.7 Å². The number of fused-ring (bicyclic) bond motifs is 1. The Morgan fingerprint density at radius 2 is 1.78 bits per heavy atom. The number of hydrogen-bond acceptors (Lipinski definition) is 4. The molecule has 0 unspecified atom stereocenters. The lowest BCUT2D eigenvalue weighted by Gasteiger charge is -2.12. The summed E-state index contributed by atoms with van der Waals surface area (Å²) in [5.74, 6) is 0. The van der Waals surface area contributed by atoms with Gasteiger partial charge in [0.1, 0.15) is 0 Å². The van der Waals surface area contributed by atoms with Gasteiger partial charge in [0.05, 0.1) is 24.4 Å². The maximum absolute atomic E-state index is 13.4. The van der Waals surface area contributed by atoms with Gasteiger partial charge >= 0.3 is 12.4 Å². The molecule has 0 saturated heterocycles. The molecule has 0 saturated carbocycles. The smallest absolute Gasteiger partial charge is 0.272 e. The van der Waals surface area contributed by atoms with Crippen molar-refractivity contribution in [1.82, 2.24) is 24.4 Å². The first-order valence-corrected chi connectivity index (χ1v) is 7.52. The predicted octanol–water partition coefficient (Wildman–Crippen LogP) is 3.23. The van der Waals surface area contributed by atoms with Gasteiger partial charge in [0, 0.05) is 18.3 Å². The van der Waals surface area contributed by atoms with Crippen molar-refractivity contribution < 1.29 is 26.3 Å². The number of halogens is 6. The average molecular weight is 391 g/mol. The van der Waals surface area contributed by atoms with Gasteiger partial charge in [-0.2, -0.15) is 41.1 Å². The third-order valence-electron chi connectivity index (χ3n) is 3.63. The molecular weight excluding hydrogens is 380 g/mol. The summed E-state index contributed by atoms with van der Waals surface area (Å²) in [5.41, 5.74) is -3.45. The van der Waals surface area contributed by atoms with E-state index in [1.165, 1.54) is 12.3 Å². The van der Waals surface area contributed by atoms with E-state index in [2.05, 4.69) is 15.2 Å². The molecule has 0 amide bonds. The molecule has 0 aliphatic rings. The summed E-state index contributed by atoms with van der Waals surface area (Å²) < 4.78 is 78.8. The van der Waals surface area contributed by atoms with E-state index < -0.39 is 42.1 Å². The Bertz CT molecular complexity index is 1050. The van der Waals surface area contributed by atoms with Crippen LogP contribution in [0.1, 0.15) is 17.7 Å². The van der Waals surface area contributed by atoms with Crippen molar-refractivity contribution >= 4 is 5.65 Å². The van der Waals surface area contributed by atoms with E-state index >= 15 is 0 Å². The molecule has 0 N–H and O–H groups in total. The second-order valence-electron chi connectivity index (χ2n) is 5.80. The fraction of sp³-hybridized carbons (Fsp3) is 0.333. The first-order valence-electron chi connectivity index (χ1n) is 7.52. The number of aryl methyl sites for hydroxylation is 2. The number of hydrogen-bond donors (Lipinski definition) is 0. The molecule has 3 rings (SSSR count). The molecule has 144 valence electrons. The number of rotatable bonds is 3. The molecule has 3 aromatic rings. The SMILES string of the molecule is Cc1cnn2c(=O)c(-c3cnn(CCC(F)(F)F)c3)c(C(F)(F)F)nc2c1. The highest BCUT2D eigenvalue weighted by Crippen LogP contribution is 2.34. The Kier molecular flexibility index (Phi) is 4.44. The van der Waals surface area contributed by atoms with Gasteiger partial charge in [0.15, 0.2) is 11.3 Å². The molecule has 0 radical (unpaired) electrons. The molecule has 3 aromatic heterocycles. The van der Waals surface area contributed by atoms with Crippen LogP contribution in [0.3, 0.4) is 0 Å². The molecule has 0 aliphatic carbocycles. The van der Waals surface area contributed by atoms with E-state index in [9.17, 15) is 31.1 Å². The Balaban J connectivity index is 2.16. The van der Waals surface area contributed by atoms with Crippen LogP contribution in [0.5, 0.6) is 0 Å². The quantitative estimate of drug-likeness (QED) is 0.643. The third kappa shape index (κ3) is 3.93. The van der Waals surface area contributed by atoms with Gasteiger partial charge in [-0.25, -0.2) is 4.98 Å². The Morgan fingerprint density at radius 1 is 1.07 bits per heavy atom. The molecular formula is C15H11F6N5O. The van der Waals surface area contributed by atoms with Crippen LogP contribution in [0.15, 0.2) is 29.5 Å². The van der Waals surface area contributed by atoms with Crippen molar-refractivity contribution in [2.45, 2.75) is 32.2 Å². The van der Waals surface area contributed by atoms with Crippen molar-refractivity contribution in [3.05, 3.63) is 46.3 Å². The highest BCUT2D eigenvalue weighted by molar-refractivity contribution is 5.66. The van der Waals surface area contributed by atoms with Gasteiger partial charge in [-0.1, -0.05) is 0 Å². The third-order valence-corrected chi connectivity index (χ3v) is 3.63. The van der Waals surface area contributed by atoms with Gasteiger partial charge in [-0.3, -0.25) is 9.48 Å². The van der Waals surface area contributed by atoms with Crippen molar-refractivity contribution in [2.24, 2.45) is 0 Å². The molecule has 0 bridgehead atoms. The van der Waals surface area contributed by atoms with Crippen LogP contribution in [0.2, 0.25) is 0 Å². The van der Waals surface area contributed by atoms with Gasteiger partial charge in [-0.05, 0) is 18.6 Å². The largest absolute Gasteiger partial charge is 0.434 e. The van der Waals surface area contributed by atoms with E-state index in [1.807, 2.05) is 0 Å². The molecule has 0 fully saturated rings. The van der Waals surface area contributed by atoms with Crippen molar-refractivity contribution in [3.8, 4) is 11.1 Å². The first-order chi connectivity index (χ1) is 12.5. The average Bonchev–Trinajstić information content (AvgIpc) is 2.99. The zero-order valence-electron chi connectivity index (χ0n) is 13.6. The maximum Gasteiger partial charge on any atom is 0.434 e.